The molecule has 1 heteroatoms. The summed E-state index contributed by atoms with van der Waals surface area (Å²) in [5, 5.41) is 1.56. The van der Waals surface area contributed by atoms with Crippen molar-refractivity contribution >= 4 is 13.3 Å². The Kier molecular flexibility index (Phi) is 3.68. The Morgan fingerprint density at radius 1 is 1.12 bits per heavy atom. The van der Waals surface area contributed by atoms with Gasteiger partial charge in [0.25, 0.3) is 0 Å². The largest absolute Gasteiger partial charge is 0.0911 e. The van der Waals surface area contributed by atoms with Gasteiger partial charge in [0.1, 0.15) is 0 Å². The van der Waals surface area contributed by atoms with Gasteiger partial charge in [0.15, 0.2) is 0 Å². The summed E-state index contributed by atoms with van der Waals surface area (Å²) in [6, 6.07) is 11.0. The molecular formula is C16H22Si. The topological polar surface area (TPSA) is 0 Å². The van der Waals surface area contributed by atoms with E-state index in [4.69, 9.17) is 0 Å². The molecule has 0 nitrogen and oxygen atoms in total. The van der Waals surface area contributed by atoms with Crippen LogP contribution in [-0.4, -0.2) is 8.07 Å². The second-order valence-corrected chi connectivity index (χ2v) is 10.2. The third-order valence-electron chi connectivity index (χ3n) is 3.80. The van der Waals surface area contributed by atoms with E-state index in [0.717, 1.165) is 0 Å². The summed E-state index contributed by atoms with van der Waals surface area (Å²) in [6.45, 7) is 7.20. The fourth-order valence-corrected chi connectivity index (χ4v) is 5.18. The maximum absolute atomic E-state index is 2.50. The minimum Gasteiger partial charge on any atom is -0.0797 e. The van der Waals surface area contributed by atoms with Crippen LogP contribution in [0.2, 0.25) is 18.6 Å². The summed E-state index contributed by atoms with van der Waals surface area (Å²) < 4.78 is 0. The van der Waals surface area contributed by atoms with Crippen LogP contribution < -0.4 is 5.19 Å². The molecule has 1 aromatic carbocycles. The van der Waals surface area contributed by atoms with Gasteiger partial charge in [0, 0.05) is 0 Å². The molecule has 0 heterocycles. The predicted molar refractivity (Wildman–Crippen MR) is 79.4 cm³/mol. The lowest BCUT2D eigenvalue weighted by atomic mass is 10.2. The molecule has 2 rings (SSSR count). The molecular weight excluding hydrogens is 220 g/mol. The zero-order valence-corrected chi connectivity index (χ0v) is 12.1. The summed E-state index contributed by atoms with van der Waals surface area (Å²) >= 11 is 0. The van der Waals surface area contributed by atoms with E-state index in [1.54, 1.807) is 5.19 Å². The van der Waals surface area contributed by atoms with Crippen molar-refractivity contribution in [2.24, 2.45) is 0 Å². The SMILES string of the molecule is CCCC1=CC([Si](C)(C)c2ccccc2)C=C1. The Morgan fingerprint density at radius 3 is 2.47 bits per heavy atom. The molecule has 0 spiro atoms. The molecule has 17 heavy (non-hydrogen) atoms. The molecule has 0 amide bonds. The molecule has 0 aliphatic heterocycles. The summed E-state index contributed by atoms with van der Waals surface area (Å²) in [5.74, 6) is 0. The number of hydrogen-bond donors (Lipinski definition) is 0. The van der Waals surface area contributed by atoms with Crippen LogP contribution in [0, 0.1) is 0 Å². The van der Waals surface area contributed by atoms with E-state index in [1.807, 2.05) is 0 Å². The average molecular weight is 242 g/mol. The molecule has 1 aliphatic rings. The van der Waals surface area contributed by atoms with Crippen LogP contribution in [0.5, 0.6) is 0 Å². The zero-order valence-electron chi connectivity index (χ0n) is 11.1. The van der Waals surface area contributed by atoms with E-state index in [2.05, 4.69) is 68.6 Å². The number of benzene rings is 1. The lowest BCUT2D eigenvalue weighted by Crippen LogP contribution is -2.44. The smallest absolute Gasteiger partial charge is 0.0797 e. The molecule has 1 aliphatic carbocycles. The first-order valence-electron chi connectivity index (χ1n) is 6.59. The van der Waals surface area contributed by atoms with Gasteiger partial charge in [-0.3, -0.25) is 0 Å². The maximum atomic E-state index is 2.50. The van der Waals surface area contributed by atoms with E-state index in [1.165, 1.54) is 18.4 Å². The molecule has 0 bridgehead atoms. The third kappa shape index (κ3) is 2.60. The highest BCUT2D eigenvalue weighted by Gasteiger charge is 2.32. The van der Waals surface area contributed by atoms with Crippen LogP contribution >= 0.6 is 0 Å². The highest BCUT2D eigenvalue weighted by molar-refractivity contribution is 6.91. The van der Waals surface area contributed by atoms with Crippen molar-refractivity contribution in [2.75, 3.05) is 0 Å². The molecule has 90 valence electrons. The van der Waals surface area contributed by atoms with Crippen LogP contribution in [0.1, 0.15) is 19.8 Å². The van der Waals surface area contributed by atoms with Gasteiger partial charge < -0.3 is 0 Å². The van der Waals surface area contributed by atoms with Gasteiger partial charge in [-0.2, -0.15) is 0 Å². The van der Waals surface area contributed by atoms with Crippen LogP contribution in [0.4, 0.5) is 0 Å². The number of hydrogen-bond acceptors (Lipinski definition) is 0. The molecule has 0 saturated carbocycles. The van der Waals surface area contributed by atoms with Crippen molar-refractivity contribution in [3.8, 4) is 0 Å². The van der Waals surface area contributed by atoms with Gasteiger partial charge >= 0.3 is 0 Å². The molecule has 0 N–H and O–H groups in total. The average Bonchev–Trinajstić information content (AvgIpc) is 2.80. The lowest BCUT2D eigenvalue weighted by molar-refractivity contribution is 0.927. The van der Waals surface area contributed by atoms with E-state index >= 15 is 0 Å². The Morgan fingerprint density at radius 2 is 1.82 bits per heavy atom. The second kappa shape index (κ2) is 5.05. The van der Waals surface area contributed by atoms with Crippen molar-refractivity contribution in [1.29, 1.82) is 0 Å². The molecule has 1 aromatic rings. The molecule has 1 atom stereocenters. The fourth-order valence-electron chi connectivity index (χ4n) is 2.53. The van der Waals surface area contributed by atoms with Gasteiger partial charge in [-0.1, -0.05) is 85.8 Å². The minimum absolute atomic E-state index is 0.673. The third-order valence-corrected chi connectivity index (χ3v) is 7.65. The summed E-state index contributed by atoms with van der Waals surface area (Å²) in [5.41, 5.74) is 2.21. The normalized spacial score (nSPS) is 19.5. The highest BCUT2D eigenvalue weighted by atomic mass is 28.3. The van der Waals surface area contributed by atoms with Gasteiger partial charge in [0.05, 0.1) is 8.07 Å². The van der Waals surface area contributed by atoms with Crippen LogP contribution in [0.15, 0.2) is 54.1 Å². The first-order valence-corrected chi connectivity index (χ1v) is 9.66. The van der Waals surface area contributed by atoms with Gasteiger partial charge in [0.2, 0.25) is 0 Å². The molecule has 0 saturated heterocycles. The number of allylic oxidation sites excluding steroid dienone is 4. The zero-order chi connectivity index (χ0) is 12.3. The van der Waals surface area contributed by atoms with Crippen molar-refractivity contribution in [2.45, 2.75) is 38.4 Å². The highest BCUT2D eigenvalue weighted by Crippen LogP contribution is 2.32. The van der Waals surface area contributed by atoms with Crippen LogP contribution in [0.25, 0.3) is 0 Å². The summed E-state index contributed by atoms with van der Waals surface area (Å²) in [6.07, 6.45) is 9.74. The fraction of sp³-hybridized carbons (Fsp3) is 0.375. The Balaban J connectivity index is 2.21. The summed E-state index contributed by atoms with van der Waals surface area (Å²) in [7, 11) is -1.38. The van der Waals surface area contributed by atoms with E-state index in [0.29, 0.717) is 5.54 Å². The minimum atomic E-state index is -1.38. The maximum Gasteiger partial charge on any atom is 0.0911 e. The second-order valence-electron chi connectivity index (χ2n) is 5.46. The lowest BCUT2D eigenvalue weighted by Gasteiger charge is -2.27. The first-order chi connectivity index (χ1) is 8.14. The first kappa shape index (κ1) is 12.4. The van der Waals surface area contributed by atoms with Crippen molar-refractivity contribution in [1.82, 2.24) is 0 Å². The van der Waals surface area contributed by atoms with E-state index in [-0.39, 0.29) is 0 Å². The van der Waals surface area contributed by atoms with E-state index < -0.39 is 8.07 Å². The summed E-state index contributed by atoms with van der Waals surface area (Å²) in [4.78, 5) is 0. The van der Waals surface area contributed by atoms with Crippen LogP contribution in [0.3, 0.4) is 0 Å². The van der Waals surface area contributed by atoms with Crippen molar-refractivity contribution in [3.05, 3.63) is 54.1 Å². The van der Waals surface area contributed by atoms with E-state index in [9.17, 15) is 0 Å². The molecule has 1 unspecified atom stereocenters. The monoisotopic (exact) mass is 242 g/mol. The van der Waals surface area contributed by atoms with Gasteiger partial charge in [-0.05, 0) is 12.0 Å². The molecule has 0 aromatic heterocycles. The Hall–Kier alpha value is -1.08. The molecule has 0 fully saturated rings. The Labute approximate surface area is 106 Å². The van der Waals surface area contributed by atoms with Gasteiger partial charge in [-0.15, -0.1) is 0 Å². The molecule has 0 radical (unpaired) electrons. The van der Waals surface area contributed by atoms with Crippen molar-refractivity contribution < 1.29 is 0 Å². The standard InChI is InChI=1S/C16H22Si/c1-4-8-14-11-12-16(13-14)17(2,3)15-9-6-5-7-10-15/h5-7,9-13,16H,4,8H2,1-3H3. The predicted octanol–water partition coefficient (Wildman–Crippen LogP) is 4.27. The Bertz CT molecular complexity index is 426. The van der Waals surface area contributed by atoms with Crippen molar-refractivity contribution in [3.63, 3.8) is 0 Å². The van der Waals surface area contributed by atoms with Gasteiger partial charge in [-0.25, -0.2) is 0 Å². The quantitative estimate of drug-likeness (QED) is 0.692. The van der Waals surface area contributed by atoms with Crippen LogP contribution in [-0.2, 0) is 0 Å². The number of rotatable bonds is 4.